The average molecular weight is 380 g/mol. The molecule has 114 valence electrons. The maximum Gasteiger partial charge on any atom is 0.417 e. The number of thiocarbonyl (C=S) groups is 1. The van der Waals surface area contributed by atoms with Gasteiger partial charge in [0.05, 0.1) is 26.5 Å². The molecule has 1 nitrogen and oxygen atoms in total. The van der Waals surface area contributed by atoms with Crippen molar-refractivity contribution in [3.63, 3.8) is 0 Å². The Bertz CT molecular complexity index is 733. The molecule has 2 aromatic carbocycles. The van der Waals surface area contributed by atoms with Crippen LogP contribution in [0.3, 0.4) is 0 Å². The molecule has 2 rings (SSSR count). The first kappa shape index (κ1) is 17.3. The lowest BCUT2D eigenvalue weighted by Gasteiger charge is -2.13. The Morgan fingerprint density at radius 3 is 2.23 bits per heavy atom. The van der Waals surface area contributed by atoms with Gasteiger partial charge in [-0.25, -0.2) is 0 Å². The standard InChI is InChI=1S/C14H6Cl2F3NS2/c15-10-5-8(20-7-21)6-11(16)13(10)22-12-4-2-1-3-9(12)14(17,18)19/h1-6H. The van der Waals surface area contributed by atoms with Crippen molar-refractivity contribution in [1.29, 1.82) is 0 Å². The Morgan fingerprint density at radius 2 is 1.68 bits per heavy atom. The predicted molar refractivity (Wildman–Crippen MR) is 86.7 cm³/mol. The minimum atomic E-state index is -4.45. The van der Waals surface area contributed by atoms with Crippen LogP contribution in [0.15, 0.2) is 51.2 Å². The molecular weight excluding hydrogens is 374 g/mol. The van der Waals surface area contributed by atoms with Crippen molar-refractivity contribution in [3.05, 3.63) is 52.0 Å². The normalized spacial score (nSPS) is 11.1. The zero-order valence-electron chi connectivity index (χ0n) is 10.6. The van der Waals surface area contributed by atoms with Crippen LogP contribution >= 0.6 is 47.2 Å². The number of alkyl halides is 3. The Kier molecular flexibility index (Phi) is 5.53. The highest BCUT2D eigenvalue weighted by atomic mass is 35.5. The maximum atomic E-state index is 13.0. The number of nitrogens with zero attached hydrogens (tertiary/aromatic N) is 1. The molecule has 0 radical (unpaired) electrons. The molecule has 0 aliphatic rings. The highest BCUT2D eigenvalue weighted by Gasteiger charge is 2.33. The quantitative estimate of drug-likeness (QED) is 0.424. The molecule has 0 spiro atoms. The van der Waals surface area contributed by atoms with Crippen LogP contribution in [0.5, 0.6) is 0 Å². The van der Waals surface area contributed by atoms with Crippen molar-refractivity contribution < 1.29 is 13.2 Å². The lowest BCUT2D eigenvalue weighted by molar-refractivity contribution is -0.139. The molecule has 0 heterocycles. The molecule has 8 heteroatoms. The predicted octanol–water partition coefficient (Wildman–Crippen LogP) is 6.90. The number of halogens is 5. The molecule has 2 aromatic rings. The van der Waals surface area contributed by atoms with Gasteiger partial charge in [-0.15, -0.1) is 0 Å². The van der Waals surface area contributed by atoms with E-state index in [9.17, 15) is 13.2 Å². The molecule has 0 saturated heterocycles. The fourth-order valence-corrected chi connectivity index (χ4v) is 3.45. The summed E-state index contributed by atoms with van der Waals surface area (Å²) >= 11 is 17.5. The third kappa shape index (κ3) is 4.03. The molecule has 22 heavy (non-hydrogen) atoms. The second kappa shape index (κ2) is 7.02. The summed E-state index contributed by atoms with van der Waals surface area (Å²) in [6.07, 6.45) is -4.45. The fraction of sp³-hybridized carbons (Fsp3) is 0.0714. The molecule has 0 bridgehead atoms. The fourth-order valence-electron chi connectivity index (χ4n) is 1.66. The molecule has 0 aliphatic carbocycles. The highest BCUT2D eigenvalue weighted by molar-refractivity contribution is 7.99. The van der Waals surface area contributed by atoms with Gasteiger partial charge in [-0.3, -0.25) is 0 Å². The van der Waals surface area contributed by atoms with Crippen LogP contribution in [0.1, 0.15) is 5.56 Å². The third-order valence-corrected chi connectivity index (χ3v) is 4.69. The summed E-state index contributed by atoms with van der Waals surface area (Å²) in [6.45, 7) is 0. The number of benzene rings is 2. The van der Waals surface area contributed by atoms with E-state index in [1.807, 2.05) is 0 Å². The van der Waals surface area contributed by atoms with E-state index in [-0.39, 0.29) is 14.9 Å². The first-order valence-corrected chi connectivity index (χ1v) is 7.72. The van der Waals surface area contributed by atoms with Crippen LogP contribution in [0.2, 0.25) is 10.0 Å². The van der Waals surface area contributed by atoms with Gasteiger partial charge in [-0.1, -0.05) is 47.1 Å². The summed E-state index contributed by atoms with van der Waals surface area (Å²) in [6, 6.07) is 8.15. The smallest absolute Gasteiger partial charge is 0.195 e. The van der Waals surface area contributed by atoms with Crippen molar-refractivity contribution in [2.75, 3.05) is 0 Å². The van der Waals surface area contributed by atoms with Gasteiger partial charge in [0.15, 0.2) is 0 Å². The number of hydrogen-bond acceptors (Lipinski definition) is 3. The van der Waals surface area contributed by atoms with Crippen LogP contribution in [0.4, 0.5) is 18.9 Å². The molecule has 0 unspecified atom stereocenters. The van der Waals surface area contributed by atoms with Gasteiger partial charge in [-0.05, 0) is 36.5 Å². The maximum absolute atomic E-state index is 13.0. The van der Waals surface area contributed by atoms with Gasteiger partial charge >= 0.3 is 6.18 Å². The van der Waals surface area contributed by atoms with Crippen molar-refractivity contribution >= 4 is 58.0 Å². The second-order valence-electron chi connectivity index (χ2n) is 4.04. The molecule has 0 aliphatic heterocycles. The largest absolute Gasteiger partial charge is 0.417 e. The highest BCUT2D eigenvalue weighted by Crippen LogP contribution is 2.45. The molecular formula is C14H6Cl2F3NS2. The molecule has 0 amide bonds. The Hall–Kier alpha value is -1.04. The molecule has 0 aromatic heterocycles. The van der Waals surface area contributed by atoms with E-state index < -0.39 is 11.7 Å². The van der Waals surface area contributed by atoms with E-state index in [0.29, 0.717) is 10.6 Å². The summed E-state index contributed by atoms with van der Waals surface area (Å²) in [5, 5.41) is 2.56. The zero-order chi connectivity index (χ0) is 16.3. The van der Waals surface area contributed by atoms with E-state index in [1.165, 1.54) is 30.3 Å². The van der Waals surface area contributed by atoms with Crippen LogP contribution in [-0.4, -0.2) is 5.16 Å². The van der Waals surface area contributed by atoms with Crippen LogP contribution in [-0.2, 0) is 6.18 Å². The van der Waals surface area contributed by atoms with Crippen molar-refractivity contribution in [2.24, 2.45) is 4.99 Å². The van der Waals surface area contributed by atoms with E-state index in [0.717, 1.165) is 17.8 Å². The van der Waals surface area contributed by atoms with Crippen LogP contribution in [0, 0.1) is 0 Å². The van der Waals surface area contributed by atoms with Crippen LogP contribution in [0.25, 0.3) is 0 Å². The minimum absolute atomic E-state index is 0.0184. The summed E-state index contributed by atoms with van der Waals surface area (Å²) in [5.41, 5.74) is -0.355. The number of hydrogen-bond donors (Lipinski definition) is 0. The van der Waals surface area contributed by atoms with Crippen molar-refractivity contribution in [1.82, 2.24) is 0 Å². The second-order valence-corrected chi connectivity index (χ2v) is 6.09. The van der Waals surface area contributed by atoms with Gasteiger partial charge in [0.2, 0.25) is 0 Å². The molecule has 0 saturated carbocycles. The van der Waals surface area contributed by atoms with E-state index in [1.54, 1.807) is 0 Å². The Labute approximate surface area is 144 Å². The number of isothiocyanates is 1. The summed E-state index contributed by atoms with van der Waals surface area (Å²) < 4.78 is 39.0. The number of rotatable bonds is 3. The van der Waals surface area contributed by atoms with Gasteiger partial charge in [0.25, 0.3) is 0 Å². The average Bonchev–Trinajstić information content (AvgIpc) is 2.42. The SMILES string of the molecule is FC(F)(F)c1ccccc1Sc1c(Cl)cc(N=C=S)cc1Cl. The van der Waals surface area contributed by atoms with Gasteiger partial charge in [0, 0.05) is 9.79 Å². The molecule has 0 fully saturated rings. The van der Waals surface area contributed by atoms with Crippen molar-refractivity contribution in [2.45, 2.75) is 16.0 Å². The first-order chi connectivity index (χ1) is 10.3. The zero-order valence-corrected chi connectivity index (χ0v) is 13.8. The topological polar surface area (TPSA) is 12.4 Å². The molecule has 0 atom stereocenters. The lowest BCUT2D eigenvalue weighted by Crippen LogP contribution is -2.06. The Balaban J connectivity index is 2.47. The summed E-state index contributed by atoms with van der Waals surface area (Å²) in [4.78, 5) is 4.08. The third-order valence-electron chi connectivity index (χ3n) is 2.56. The summed E-state index contributed by atoms with van der Waals surface area (Å²) in [5.74, 6) is 0. The van der Waals surface area contributed by atoms with E-state index in [2.05, 4.69) is 22.4 Å². The molecule has 0 N–H and O–H groups in total. The van der Waals surface area contributed by atoms with E-state index >= 15 is 0 Å². The van der Waals surface area contributed by atoms with Gasteiger partial charge in [-0.2, -0.15) is 18.2 Å². The van der Waals surface area contributed by atoms with Gasteiger partial charge in [0.1, 0.15) is 0 Å². The summed E-state index contributed by atoms with van der Waals surface area (Å²) in [7, 11) is 0. The number of aliphatic imine (C=N–C) groups is 1. The van der Waals surface area contributed by atoms with Crippen LogP contribution < -0.4 is 0 Å². The van der Waals surface area contributed by atoms with E-state index in [4.69, 9.17) is 23.2 Å². The first-order valence-electron chi connectivity index (χ1n) is 5.74. The lowest BCUT2D eigenvalue weighted by atomic mass is 10.2. The van der Waals surface area contributed by atoms with Crippen molar-refractivity contribution in [3.8, 4) is 0 Å². The monoisotopic (exact) mass is 379 g/mol. The minimum Gasteiger partial charge on any atom is -0.195 e. The Morgan fingerprint density at radius 1 is 1.09 bits per heavy atom. The van der Waals surface area contributed by atoms with Gasteiger partial charge < -0.3 is 0 Å².